The van der Waals surface area contributed by atoms with E-state index in [1.807, 2.05) is 6.92 Å². The highest BCUT2D eigenvalue weighted by atomic mass is 32.2. The zero-order valence-electron chi connectivity index (χ0n) is 12.3. The van der Waals surface area contributed by atoms with Crippen molar-refractivity contribution in [1.29, 1.82) is 0 Å². The molecule has 5 nitrogen and oxygen atoms in total. The fourth-order valence-corrected chi connectivity index (χ4v) is 3.89. The van der Waals surface area contributed by atoms with E-state index in [4.69, 9.17) is 0 Å². The van der Waals surface area contributed by atoms with E-state index in [1.165, 1.54) is 16.4 Å². The van der Waals surface area contributed by atoms with E-state index in [0.717, 1.165) is 25.7 Å². The Hall–Kier alpha value is -1.40. The molecule has 1 saturated heterocycles. The summed E-state index contributed by atoms with van der Waals surface area (Å²) in [5.41, 5.74) is 0.487. The fraction of sp³-hybridized carbons (Fsp3) is 0.533. The number of hydrogen-bond donors (Lipinski definition) is 1. The van der Waals surface area contributed by atoms with Crippen LogP contribution in [0.15, 0.2) is 29.2 Å². The molecule has 1 fully saturated rings. The van der Waals surface area contributed by atoms with E-state index >= 15 is 0 Å². The fourth-order valence-electron chi connectivity index (χ4n) is 2.37. The van der Waals surface area contributed by atoms with Crippen molar-refractivity contribution in [3.05, 3.63) is 29.8 Å². The molecule has 1 amide bonds. The van der Waals surface area contributed by atoms with Crippen molar-refractivity contribution in [3.8, 4) is 0 Å². The van der Waals surface area contributed by atoms with Gasteiger partial charge in [-0.3, -0.25) is 4.79 Å². The van der Waals surface area contributed by atoms with E-state index in [-0.39, 0.29) is 10.8 Å². The molecule has 0 spiro atoms. The number of hydrogen-bond acceptors (Lipinski definition) is 3. The number of benzene rings is 1. The Kier molecular flexibility index (Phi) is 5.36. The van der Waals surface area contributed by atoms with Crippen LogP contribution in [0.5, 0.6) is 0 Å². The summed E-state index contributed by atoms with van der Waals surface area (Å²) in [5, 5.41) is 2.77. The molecule has 0 aromatic heterocycles. The van der Waals surface area contributed by atoms with Gasteiger partial charge in [-0.25, -0.2) is 8.42 Å². The molecular weight excluding hydrogens is 288 g/mol. The first-order chi connectivity index (χ1) is 10.1. The standard InChI is InChI=1S/C15H22N2O3S/c1-2-10-16-15(18)13-6-8-14(9-7-13)21(19,20)17-11-4-3-5-12-17/h6-9H,2-5,10-12H2,1H3,(H,16,18). The number of amides is 1. The van der Waals surface area contributed by atoms with Gasteiger partial charge >= 0.3 is 0 Å². The molecule has 0 saturated carbocycles. The summed E-state index contributed by atoms with van der Waals surface area (Å²) in [5.74, 6) is -0.168. The first-order valence-electron chi connectivity index (χ1n) is 7.44. The van der Waals surface area contributed by atoms with Crippen LogP contribution >= 0.6 is 0 Å². The molecule has 116 valence electrons. The summed E-state index contributed by atoms with van der Waals surface area (Å²) in [6.45, 7) is 3.77. The largest absolute Gasteiger partial charge is 0.352 e. The molecule has 1 aromatic rings. The van der Waals surface area contributed by atoms with Crippen molar-refractivity contribution < 1.29 is 13.2 Å². The van der Waals surface area contributed by atoms with Crippen molar-refractivity contribution in [2.75, 3.05) is 19.6 Å². The quantitative estimate of drug-likeness (QED) is 0.904. The molecule has 21 heavy (non-hydrogen) atoms. The zero-order valence-corrected chi connectivity index (χ0v) is 13.2. The lowest BCUT2D eigenvalue weighted by molar-refractivity contribution is 0.0953. The lowest BCUT2D eigenvalue weighted by Crippen LogP contribution is -2.35. The molecule has 0 radical (unpaired) electrons. The number of nitrogens with zero attached hydrogens (tertiary/aromatic N) is 1. The van der Waals surface area contributed by atoms with Crippen molar-refractivity contribution in [3.63, 3.8) is 0 Å². The Bertz CT molecular complexity index is 575. The number of carbonyl (C=O) groups excluding carboxylic acids is 1. The minimum Gasteiger partial charge on any atom is -0.352 e. The Morgan fingerprint density at radius 1 is 1.14 bits per heavy atom. The molecule has 1 heterocycles. The number of carbonyl (C=O) groups is 1. The third-order valence-electron chi connectivity index (χ3n) is 3.60. The van der Waals surface area contributed by atoms with Gasteiger partial charge in [0.1, 0.15) is 0 Å². The van der Waals surface area contributed by atoms with Gasteiger partial charge in [-0.1, -0.05) is 13.3 Å². The molecule has 0 atom stereocenters. The first-order valence-corrected chi connectivity index (χ1v) is 8.88. The number of nitrogens with one attached hydrogen (secondary N) is 1. The van der Waals surface area contributed by atoms with Crippen LogP contribution in [0.3, 0.4) is 0 Å². The summed E-state index contributed by atoms with van der Waals surface area (Å²) in [6, 6.07) is 6.18. The third kappa shape index (κ3) is 3.83. The van der Waals surface area contributed by atoms with Crippen LogP contribution in [0.25, 0.3) is 0 Å². The topological polar surface area (TPSA) is 66.5 Å². The van der Waals surface area contributed by atoms with Gasteiger partial charge in [-0.05, 0) is 43.5 Å². The van der Waals surface area contributed by atoms with Crippen LogP contribution in [0, 0.1) is 0 Å². The number of piperidine rings is 1. The minimum atomic E-state index is -3.42. The highest BCUT2D eigenvalue weighted by Crippen LogP contribution is 2.20. The average molecular weight is 310 g/mol. The summed E-state index contributed by atoms with van der Waals surface area (Å²) in [6.07, 6.45) is 3.78. The Balaban J connectivity index is 2.12. The minimum absolute atomic E-state index is 0.168. The second kappa shape index (κ2) is 7.04. The van der Waals surface area contributed by atoms with Crippen LogP contribution in [0.4, 0.5) is 0 Å². The molecule has 0 unspecified atom stereocenters. The first kappa shape index (κ1) is 16.0. The maximum absolute atomic E-state index is 12.5. The molecule has 1 N–H and O–H groups in total. The van der Waals surface area contributed by atoms with E-state index in [2.05, 4.69) is 5.32 Å². The second-order valence-corrected chi connectivity index (χ2v) is 7.18. The van der Waals surface area contributed by atoms with Crippen LogP contribution < -0.4 is 5.32 Å². The zero-order chi connectivity index (χ0) is 15.3. The van der Waals surface area contributed by atoms with E-state index in [1.54, 1.807) is 12.1 Å². The normalized spacial score (nSPS) is 16.6. The van der Waals surface area contributed by atoms with E-state index < -0.39 is 10.0 Å². The van der Waals surface area contributed by atoms with Crippen molar-refractivity contribution in [1.82, 2.24) is 9.62 Å². The predicted molar refractivity (Wildman–Crippen MR) is 81.7 cm³/mol. The van der Waals surface area contributed by atoms with Crippen molar-refractivity contribution in [2.45, 2.75) is 37.5 Å². The molecule has 6 heteroatoms. The predicted octanol–water partition coefficient (Wildman–Crippen LogP) is 2.00. The van der Waals surface area contributed by atoms with Gasteiger partial charge in [0.05, 0.1) is 4.90 Å². The Morgan fingerprint density at radius 3 is 2.33 bits per heavy atom. The van der Waals surface area contributed by atoms with Gasteiger partial charge in [0, 0.05) is 25.2 Å². The summed E-state index contributed by atoms with van der Waals surface area (Å²) in [7, 11) is -3.42. The number of sulfonamides is 1. The monoisotopic (exact) mass is 310 g/mol. The lowest BCUT2D eigenvalue weighted by atomic mass is 10.2. The Labute approximate surface area is 126 Å². The molecule has 0 bridgehead atoms. The summed E-state index contributed by atoms with van der Waals surface area (Å²) in [4.78, 5) is 12.1. The van der Waals surface area contributed by atoms with Crippen molar-refractivity contribution >= 4 is 15.9 Å². The SMILES string of the molecule is CCCNC(=O)c1ccc(S(=O)(=O)N2CCCCC2)cc1. The molecule has 2 rings (SSSR count). The van der Waals surface area contributed by atoms with Gasteiger partial charge in [0.15, 0.2) is 0 Å². The Morgan fingerprint density at radius 2 is 1.76 bits per heavy atom. The molecule has 0 aliphatic carbocycles. The highest BCUT2D eigenvalue weighted by Gasteiger charge is 2.25. The maximum Gasteiger partial charge on any atom is 0.251 e. The molecule has 1 aliphatic heterocycles. The molecule has 1 aliphatic rings. The lowest BCUT2D eigenvalue weighted by Gasteiger charge is -2.25. The molecular formula is C15H22N2O3S. The third-order valence-corrected chi connectivity index (χ3v) is 5.52. The van der Waals surface area contributed by atoms with Crippen molar-refractivity contribution in [2.24, 2.45) is 0 Å². The van der Waals surface area contributed by atoms with Crippen LogP contribution in [-0.2, 0) is 10.0 Å². The number of rotatable bonds is 5. The summed E-state index contributed by atoms with van der Waals surface area (Å²) >= 11 is 0. The van der Waals surface area contributed by atoms with Gasteiger partial charge < -0.3 is 5.32 Å². The van der Waals surface area contributed by atoms with Gasteiger partial charge in [0.2, 0.25) is 10.0 Å². The molecule has 1 aromatic carbocycles. The van der Waals surface area contributed by atoms with Crippen LogP contribution in [0.1, 0.15) is 43.0 Å². The summed E-state index contributed by atoms with van der Waals surface area (Å²) < 4.78 is 26.5. The highest BCUT2D eigenvalue weighted by molar-refractivity contribution is 7.89. The van der Waals surface area contributed by atoms with Gasteiger partial charge in [-0.15, -0.1) is 0 Å². The van der Waals surface area contributed by atoms with Crippen LogP contribution in [0.2, 0.25) is 0 Å². The average Bonchev–Trinajstić information content (AvgIpc) is 2.53. The van der Waals surface area contributed by atoms with E-state index in [0.29, 0.717) is 25.2 Å². The van der Waals surface area contributed by atoms with E-state index in [9.17, 15) is 13.2 Å². The second-order valence-electron chi connectivity index (χ2n) is 5.25. The smallest absolute Gasteiger partial charge is 0.251 e. The van der Waals surface area contributed by atoms with Gasteiger partial charge in [0.25, 0.3) is 5.91 Å². The maximum atomic E-state index is 12.5. The van der Waals surface area contributed by atoms with Gasteiger partial charge in [-0.2, -0.15) is 4.31 Å². The van der Waals surface area contributed by atoms with Crippen LogP contribution in [-0.4, -0.2) is 38.3 Å².